The number of nitrogens with zero attached hydrogens (tertiary/aromatic N) is 3. The Kier molecular flexibility index (Phi) is 5.12. The summed E-state index contributed by atoms with van der Waals surface area (Å²) in [5, 5.41) is 3.99. The topological polar surface area (TPSA) is 47.4 Å². The Morgan fingerprint density at radius 1 is 1.67 bits per heavy atom. The summed E-state index contributed by atoms with van der Waals surface area (Å²) in [6, 6.07) is 0.147. The van der Waals surface area contributed by atoms with Gasteiger partial charge in [0.2, 0.25) is 0 Å². The number of halogens is 3. The minimum Gasteiger partial charge on any atom is -0.406 e. The van der Waals surface area contributed by atoms with E-state index >= 15 is 0 Å². The number of amides is 1. The number of aromatic nitrogens is 2. The molecule has 0 atom stereocenters. The summed E-state index contributed by atoms with van der Waals surface area (Å²) >= 11 is 10.5. The van der Waals surface area contributed by atoms with Gasteiger partial charge in [0.25, 0.3) is 0 Å². The Balaban J connectivity index is 2.58. The van der Waals surface area contributed by atoms with Gasteiger partial charge in [-0.2, -0.15) is 9.49 Å². The van der Waals surface area contributed by atoms with Crippen LogP contribution in [0.15, 0.2) is 12.4 Å². The van der Waals surface area contributed by atoms with Crippen molar-refractivity contribution in [2.24, 2.45) is 0 Å². The molecule has 1 aromatic heterocycles. The second-order valence-corrected chi connectivity index (χ2v) is 6.63. The van der Waals surface area contributed by atoms with Crippen LogP contribution in [0, 0.1) is 0 Å². The van der Waals surface area contributed by atoms with Crippen molar-refractivity contribution in [3.05, 3.63) is 12.4 Å². The Morgan fingerprint density at radius 2 is 2.28 bits per heavy atom. The molecular weight excluding hydrogens is 304 g/mol. The third kappa shape index (κ3) is 4.91. The fourth-order valence-corrected chi connectivity index (χ4v) is 2.06. The Bertz CT molecular complexity index is 422. The maximum absolute atomic E-state index is 12.9. The third-order valence-electron chi connectivity index (χ3n) is 1.81. The van der Waals surface area contributed by atoms with E-state index in [-0.39, 0.29) is 11.8 Å². The van der Waals surface area contributed by atoms with E-state index < -0.39 is 10.0 Å². The first-order valence-corrected chi connectivity index (χ1v) is 6.47. The van der Waals surface area contributed by atoms with Crippen molar-refractivity contribution < 1.29 is 13.9 Å². The van der Waals surface area contributed by atoms with E-state index in [1.807, 2.05) is 13.8 Å². The number of ether oxygens (including phenoxy) is 1. The Labute approximate surface area is 118 Å². The zero-order valence-corrected chi connectivity index (χ0v) is 12.3. The minimum absolute atomic E-state index is 0.147. The highest BCUT2D eigenvalue weighted by Gasteiger charge is 2.29. The number of carbonyl (C=O) groups is 1. The van der Waals surface area contributed by atoms with Crippen molar-refractivity contribution >= 4 is 41.2 Å². The molecule has 1 rings (SSSR count). The predicted molar refractivity (Wildman–Crippen MR) is 69.5 cm³/mol. The molecule has 0 bridgehead atoms. The van der Waals surface area contributed by atoms with Gasteiger partial charge in [-0.25, -0.2) is 9.10 Å². The van der Waals surface area contributed by atoms with Crippen LogP contribution in [0.25, 0.3) is 0 Å². The zero-order chi connectivity index (χ0) is 13.9. The first-order chi connectivity index (χ1) is 8.19. The molecule has 0 saturated heterocycles. The van der Waals surface area contributed by atoms with Gasteiger partial charge >= 0.3 is 10.0 Å². The summed E-state index contributed by atoms with van der Waals surface area (Å²) in [5.41, 5.74) is 0. The monoisotopic (exact) mass is 315 g/mol. The SMILES string of the molecule is CC(C)n1cc(OC(=O)N(C)SC(F)(Cl)Cl)cn1. The highest BCUT2D eigenvalue weighted by atomic mass is 35.5. The van der Waals surface area contributed by atoms with E-state index in [1.165, 1.54) is 13.2 Å². The fraction of sp³-hybridized carbons (Fsp3) is 0.556. The molecule has 0 unspecified atom stereocenters. The molecule has 0 fully saturated rings. The smallest absolute Gasteiger partial charge is 0.406 e. The maximum atomic E-state index is 12.9. The number of rotatable bonds is 4. The number of carbonyl (C=O) groups excluding carboxylic acids is 1. The molecule has 0 aliphatic carbocycles. The molecule has 0 aliphatic heterocycles. The molecule has 0 N–H and O–H groups in total. The minimum atomic E-state index is -2.59. The summed E-state index contributed by atoms with van der Waals surface area (Å²) in [6.45, 7) is 3.86. The first-order valence-electron chi connectivity index (χ1n) is 4.94. The Morgan fingerprint density at radius 3 is 2.72 bits per heavy atom. The van der Waals surface area contributed by atoms with Crippen LogP contribution in [-0.4, -0.2) is 31.1 Å². The standard InChI is InChI=1S/C9H12Cl2FN3O2S/c1-6(2)15-5-7(4-13-15)17-8(16)14(3)18-9(10,11)12/h4-6H,1-3H3. The van der Waals surface area contributed by atoms with Crippen LogP contribution in [-0.2, 0) is 0 Å². The van der Waals surface area contributed by atoms with E-state index in [0.717, 1.165) is 4.31 Å². The van der Waals surface area contributed by atoms with E-state index in [1.54, 1.807) is 10.9 Å². The lowest BCUT2D eigenvalue weighted by Gasteiger charge is -2.17. The second kappa shape index (κ2) is 5.99. The second-order valence-electron chi connectivity index (χ2n) is 3.65. The Hall–Kier alpha value is -0.660. The van der Waals surface area contributed by atoms with Crippen LogP contribution in [0.5, 0.6) is 5.75 Å². The normalized spacial score (nSPS) is 11.7. The summed E-state index contributed by atoms with van der Waals surface area (Å²) in [6.07, 6.45) is 2.15. The van der Waals surface area contributed by atoms with E-state index in [2.05, 4.69) is 5.10 Å². The molecule has 1 amide bonds. The summed E-state index contributed by atoms with van der Waals surface area (Å²) in [4.78, 5) is 11.5. The molecule has 0 saturated carbocycles. The van der Waals surface area contributed by atoms with E-state index in [0.29, 0.717) is 11.9 Å². The van der Waals surface area contributed by atoms with E-state index in [4.69, 9.17) is 27.9 Å². The number of hydrogen-bond acceptors (Lipinski definition) is 4. The largest absolute Gasteiger partial charge is 0.425 e. The van der Waals surface area contributed by atoms with Gasteiger partial charge in [-0.05, 0) is 13.8 Å². The maximum Gasteiger partial charge on any atom is 0.425 e. The molecule has 0 spiro atoms. The average Bonchev–Trinajstić information content (AvgIpc) is 2.63. The summed E-state index contributed by atoms with van der Waals surface area (Å²) in [5.74, 6) is 0.259. The summed E-state index contributed by atoms with van der Waals surface area (Å²) in [7, 11) is 1.29. The van der Waals surface area contributed by atoms with Crippen molar-refractivity contribution in [1.29, 1.82) is 0 Å². The molecule has 0 radical (unpaired) electrons. The molecule has 1 heterocycles. The fourth-order valence-electron chi connectivity index (χ4n) is 1.01. The highest BCUT2D eigenvalue weighted by molar-refractivity contribution is 8.01. The number of alkyl halides is 3. The molecule has 102 valence electrons. The first kappa shape index (κ1) is 15.4. The van der Waals surface area contributed by atoms with Crippen molar-refractivity contribution in [1.82, 2.24) is 14.1 Å². The van der Waals surface area contributed by atoms with Gasteiger partial charge in [0, 0.05) is 25.0 Å². The lowest BCUT2D eigenvalue weighted by atomic mass is 10.4. The van der Waals surface area contributed by atoms with Crippen LogP contribution in [0.2, 0.25) is 0 Å². The lowest BCUT2D eigenvalue weighted by Crippen LogP contribution is -2.26. The van der Waals surface area contributed by atoms with E-state index in [9.17, 15) is 9.18 Å². The number of hydrogen-bond donors (Lipinski definition) is 0. The van der Waals surface area contributed by atoms with Gasteiger partial charge in [0.05, 0.1) is 12.4 Å². The van der Waals surface area contributed by atoms with Crippen LogP contribution >= 0.6 is 35.1 Å². The van der Waals surface area contributed by atoms with Gasteiger partial charge in [0.15, 0.2) is 5.75 Å². The van der Waals surface area contributed by atoms with Crippen LogP contribution in [0.3, 0.4) is 0 Å². The highest BCUT2D eigenvalue weighted by Crippen LogP contribution is 2.37. The molecule has 1 aromatic rings. The quantitative estimate of drug-likeness (QED) is 0.629. The average molecular weight is 316 g/mol. The van der Waals surface area contributed by atoms with Crippen LogP contribution < -0.4 is 4.74 Å². The molecule has 18 heavy (non-hydrogen) atoms. The van der Waals surface area contributed by atoms with Crippen molar-refractivity contribution in [3.63, 3.8) is 0 Å². The van der Waals surface area contributed by atoms with Gasteiger partial charge in [-0.1, -0.05) is 23.2 Å². The van der Waals surface area contributed by atoms with Crippen molar-refractivity contribution in [2.75, 3.05) is 7.05 Å². The molecule has 0 aliphatic rings. The molecule has 9 heteroatoms. The lowest BCUT2D eigenvalue weighted by molar-refractivity contribution is 0.187. The molecular formula is C9H12Cl2FN3O2S. The predicted octanol–water partition coefficient (Wildman–Crippen LogP) is 3.60. The van der Waals surface area contributed by atoms with Crippen molar-refractivity contribution in [2.45, 2.75) is 23.8 Å². The zero-order valence-electron chi connectivity index (χ0n) is 9.93. The molecule has 0 aromatic carbocycles. The van der Waals surface area contributed by atoms with Crippen LogP contribution in [0.1, 0.15) is 19.9 Å². The van der Waals surface area contributed by atoms with Gasteiger partial charge in [-0.3, -0.25) is 4.68 Å². The van der Waals surface area contributed by atoms with Gasteiger partial charge < -0.3 is 4.74 Å². The molecule has 5 nitrogen and oxygen atoms in total. The van der Waals surface area contributed by atoms with Gasteiger partial charge in [0.1, 0.15) is 0 Å². The third-order valence-corrected chi connectivity index (χ3v) is 2.85. The van der Waals surface area contributed by atoms with Crippen LogP contribution in [0.4, 0.5) is 9.18 Å². The summed E-state index contributed by atoms with van der Waals surface area (Å²) < 4.78 is 17.7. The van der Waals surface area contributed by atoms with Gasteiger partial charge in [-0.15, -0.1) is 0 Å². The van der Waals surface area contributed by atoms with Crippen molar-refractivity contribution in [3.8, 4) is 5.75 Å².